The van der Waals surface area contributed by atoms with Gasteiger partial charge in [-0.3, -0.25) is 14.2 Å². The maximum atomic E-state index is 13.4. The van der Waals surface area contributed by atoms with Crippen molar-refractivity contribution in [1.29, 1.82) is 0 Å². The highest BCUT2D eigenvalue weighted by Crippen LogP contribution is 2.27. The summed E-state index contributed by atoms with van der Waals surface area (Å²) in [5, 5.41) is 0. The number of carbonyl (C=O) groups is 1. The third-order valence-electron chi connectivity index (χ3n) is 5.94. The van der Waals surface area contributed by atoms with Crippen LogP contribution in [0.3, 0.4) is 0 Å². The first-order chi connectivity index (χ1) is 13.6. The normalized spacial score (nSPS) is 15.4. The van der Waals surface area contributed by atoms with Crippen LogP contribution in [0.25, 0.3) is 5.69 Å². The first-order valence-corrected chi connectivity index (χ1v) is 9.75. The van der Waals surface area contributed by atoms with E-state index in [-0.39, 0.29) is 17.0 Å². The molecule has 5 rings (SSSR count). The quantitative estimate of drug-likeness (QED) is 0.692. The summed E-state index contributed by atoms with van der Waals surface area (Å²) in [6, 6.07) is 7.98. The second-order valence-electron chi connectivity index (χ2n) is 7.62. The van der Waals surface area contributed by atoms with Crippen molar-refractivity contribution in [2.75, 3.05) is 6.54 Å². The minimum absolute atomic E-state index is 0.197. The Morgan fingerprint density at radius 1 is 1.14 bits per heavy atom. The fourth-order valence-corrected chi connectivity index (χ4v) is 4.42. The molecule has 2 aliphatic rings. The summed E-state index contributed by atoms with van der Waals surface area (Å²) < 4.78 is 3.70. The summed E-state index contributed by atoms with van der Waals surface area (Å²) in [5.41, 5.74) is 5.20. The highest BCUT2D eigenvalue weighted by Gasteiger charge is 2.26. The maximum absolute atomic E-state index is 13.4. The van der Waals surface area contributed by atoms with Gasteiger partial charge in [-0.1, -0.05) is 12.1 Å². The number of pyridine rings is 1. The molecule has 6 heteroatoms. The van der Waals surface area contributed by atoms with Gasteiger partial charge in [0.2, 0.25) is 0 Å². The molecule has 28 heavy (non-hydrogen) atoms. The van der Waals surface area contributed by atoms with E-state index >= 15 is 0 Å². The van der Waals surface area contributed by atoms with Gasteiger partial charge in [0.15, 0.2) is 0 Å². The average Bonchev–Trinajstić information content (AvgIpc) is 3.36. The van der Waals surface area contributed by atoms with E-state index < -0.39 is 0 Å². The zero-order valence-corrected chi connectivity index (χ0v) is 15.9. The minimum Gasteiger partial charge on any atom is -0.331 e. The van der Waals surface area contributed by atoms with Gasteiger partial charge in [-0.2, -0.15) is 0 Å². The van der Waals surface area contributed by atoms with Crippen molar-refractivity contribution in [2.24, 2.45) is 0 Å². The minimum atomic E-state index is -0.232. The third kappa shape index (κ3) is 2.59. The van der Waals surface area contributed by atoms with Crippen LogP contribution in [0.4, 0.5) is 0 Å². The SMILES string of the molecule is Cc1ccn(-c2cccc3c2CCC3)c(=O)c1C(=O)N1CCn2cncc2C1. The molecule has 0 saturated carbocycles. The van der Waals surface area contributed by atoms with Gasteiger partial charge < -0.3 is 9.47 Å². The Hall–Kier alpha value is -3.15. The molecule has 0 spiro atoms. The first kappa shape index (κ1) is 17.0. The van der Waals surface area contributed by atoms with E-state index in [4.69, 9.17) is 0 Å². The number of hydrogen-bond donors (Lipinski definition) is 0. The van der Waals surface area contributed by atoms with Crippen molar-refractivity contribution in [3.05, 3.63) is 81.3 Å². The van der Waals surface area contributed by atoms with E-state index in [9.17, 15) is 9.59 Å². The number of fused-ring (bicyclic) bond motifs is 2. The zero-order chi connectivity index (χ0) is 19.3. The Labute approximate surface area is 163 Å². The van der Waals surface area contributed by atoms with Gasteiger partial charge in [0.05, 0.1) is 24.3 Å². The van der Waals surface area contributed by atoms with Crippen molar-refractivity contribution in [3.63, 3.8) is 0 Å². The third-order valence-corrected chi connectivity index (χ3v) is 5.94. The van der Waals surface area contributed by atoms with E-state index in [2.05, 4.69) is 11.1 Å². The van der Waals surface area contributed by atoms with Gasteiger partial charge in [0.1, 0.15) is 5.56 Å². The zero-order valence-electron chi connectivity index (χ0n) is 15.9. The molecular weight excluding hydrogens is 352 g/mol. The van der Waals surface area contributed by atoms with Crippen LogP contribution in [-0.2, 0) is 25.9 Å². The van der Waals surface area contributed by atoms with Gasteiger partial charge in [-0.05, 0) is 55.0 Å². The lowest BCUT2D eigenvalue weighted by atomic mass is 10.1. The molecule has 0 atom stereocenters. The van der Waals surface area contributed by atoms with Crippen LogP contribution >= 0.6 is 0 Å². The van der Waals surface area contributed by atoms with Crippen LogP contribution in [0.1, 0.15) is 39.2 Å². The number of amides is 1. The smallest absolute Gasteiger partial charge is 0.268 e. The number of rotatable bonds is 2. The molecule has 3 aromatic rings. The summed E-state index contributed by atoms with van der Waals surface area (Å²) in [7, 11) is 0. The number of benzene rings is 1. The fraction of sp³-hybridized carbons (Fsp3) is 0.318. The van der Waals surface area contributed by atoms with Crippen molar-refractivity contribution in [1.82, 2.24) is 19.0 Å². The topological polar surface area (TPSA) is 60.1 Å². The number of carbonyl (C=O) groups excluding carboxylic acids is 1. The summed E-state index contributed by atoms with van der Waals surface area (Å²) >= 11 is 0. The molecule has 142 valence electrons. The largest absolute Gasteiger partial charge is 0.331 e. The highest BCUT2D eigenvalue weighted by atomic mass is 16.2. The monoisotopic (exact) mass is 374 g/mol. The van der Waals surface area contributed by atoms with E-state index in [1.54, 1.807) is 28.2 Å². The Kier molecular flexibility index (Phi) is 3.93. The molecule has 0 radical (unpaired) electrons. The van der Waals surface area contributed by atoms with Crippen LogP contribution in [-0.4, -0.2) is 31.5 Å². The lowest BCUT2D eigenvalue weighted by Gasteiger charge is -2.28. The lowest BCUT2D eigenvalue weighted by molar-refractivity contribution is 0.0708. The number of aromatic nitrogens is 3. The Balaban J connectivity index is 1.56. The fourth-order valence-electron chi connectivity index (χ4n) is 4.42. The molecule has 1 amide bonds. The highest BCUT2D eigenvalue weighted by molar-refractivity contribution is 5.95. The summed E-state index contributed by atoms with van der Waals surface area (Å²) in [4.78, 5) is 32.5. The molecule has 0 unspecified atom stereocenters. The molecular formula is C22H22N4O2. The molecule has 0 bridgehead atoms. The van der Waals surface area contributed by atoms with Gasteiger partial charge in [0, 0.05) is 25.5 Å². The van der Waals surface area contributed by atoms with Crippen LogP contribution in [0, 0.1) is 6.92 Å². The van der Waals surface area contributed by atoms with Crippen LogP contribution in [0.5, 0.6) is 0 Å². The van der Waals surface area contributed by atoms with Crippen LogP contribution in [0.15, 0.2) is 47.8 Å². The summed E-state index contributed by atoms with van der Waals surface area (Å²) in [5.74, 6) is -0.197. The van der Waals surface area contributed by atoms with E-state index in [0.29, 0.717) is 19.6 Å². The molecule has 0 fully saturated rings. The number of aryl methyl sites for hydroxylation is 2. The van der Waals surface area contributed by atoms with Crippen molar-refractivity contribution < 1.29 is 4.79 Å². The lowest BCUT2D eigenvalue weighted by Crippen LogP contribution is -2.41. The van der Waals surface area contributed by atoms with E-state index in [1.807, 2.05) is 29.7 Å². The molecule has 1 aromatic carbocycles. The van der Waals surface area contributed by atoms with Gasteiger partial charge in [-0.25, -0.2) is 4.98 Å². The summed E-state index contributed by atoms with van der Waals surface area (Å²) in [6.45, 7) is 3.60. The second-order valence-corrected chi connectivity index (χ2v) is 7.62. The second kappa shape index (κ2) is 6.48. The number of nitrogens with zero attached hydrogens (tertiary/aromatic N) is 4. The molecule has 0 saturated heterocycles. The van der Waals surface area contributed by atoms with Crippen molar-refractivity contribution >= 4 is 5.91 Å². The van der Waals surface area contributed by atoms with E-state index in [1.165, 1.54) is 11.1 Å². The molecule has 1 aliphatic carbocycles. The standard InChI is InChI=1S/C22H22N4O2/c1-15-8-9-26(19-7-3-5-16-4-2-6-18(16)19)22(28)20(15)21(27)24-10-11-25-14-23-12-17(25)13-24/h3,5,7-9,12,14H,2,4,6,10-11,13H2,1H3. The first-order valence-electron chi connectivity index (χ1n) is 9.75. The van der Waals surface area contributed by atoms with E-state index in [0.717, 1.165) is 36.2 Å². The van der Waals surface area contributed by atoms with Crippen molar-refractivity contribution in [3.8, 4) is 5.69 Å². The van der Waals surface area contributed by atoms with Crippen molar-refractivity contribution in [2.45, 2.75) is 39.3 Å². The maximum Gasteiger partial charge on any atom is 0.268 e. The molecule has 2 aromatic heterocycles. The molecule has 6 nitrogen and oxygen atoms in total. The average molecular weight is 374 g/mol. The predicted molar refractivity (Wildman–Crippen MR) is 106 cm³/mol. The Morgan fingerprint density at radius 3 is 2.93 bits per heavy atom. The van der Waals surface area contributed by atoms with Crippen LogP contribution < -0.4 is 5.56 Å². The van der Waals surface area contributed by atoms with Gasteiger partial charge >= 0.3 is 0 Å². The molecule has 0 N–H and O–H groups in total. The van der Waals surface area contributed by atoms with Gasteiger partial charge in [-0.15, -0.1) is 0 Å². The van der Waals surface area contributed by atoms with Crippen LogP contribution in [0.2, 0.25) is 0 Å². The molecule has 1 aliphatic heterocycles. The van der Waals surface area contributed by atoms with Gasteiger partial charge in [0.25, 0.3) is 11.5 Å². The predicted octanol–water partition coefficient (Wildman–Crippen LogP) is 2.49. The molecule has 3 heterocycles. The Morgan fingerprint density at radius 2 is 2.04 bits per heavy atom. The summed E-state index contributed by atoms with van der Waals surface area (Å²) in [6.07, 6.45) is 8.51. The number of hydrogen-bond acceptors (Lipinski definition) is 3. The number of imidazole rings is 1. The Bertz CT molecular complexity index is 1140.